The lowest BCUT2D eigenvalue weighted by Crippen LogP contribution is -2.43. The highest BCUT2D eigenvalue weighted by Crippen LogP contribution is 2.10. The molecule has 2 aromatic rings. The van der Waals surface area contributed by atoms with Crippen molar-refractivity contribution in [1.29, 1.82) is 0 Å². The van der Waals surface area contributed by atoms with E-state index in [0.717, 1.165) is 23.3 Å². The summed E-state index contributed by atoms with van der Waals surface area (Å²) in [7, 11) is 0. The minimum absolute atomic E-state index is 0.448. The summed E-state index contributed by atoms with van der Waals surface area (Å²) in [4.78, 5) is 7.68. The predicted molar refractivity (Wildman–Crippen MR) is 75.8 cm³/mol. The Balaban J connectivity index is 1.81. The highest BCUT2D eigenvalue weighted by atomic mass is 32.2. The predicted octanol–water partition coefficient (Wildman–Crippen LogP) is 1.16. The average Bonchev–Trinajstić information content (AvgIpc) is 2.81. The Bertz CT molecular complexity index is 524. The normalized spacial score (nSPS) is 14.6. The van der Waals surface area contributed by atoms with Crippen molar-refractivity contribution in [1.82, 2.24) is 20.8 Å². The molecule has 0 aliphatic rings. The number of rotatable bonds is 7. The van der Waals surface area contributed by atoms with E-state index >= 15 is 0 Å². The molecule has 1 aromatic heterocycles. The highest BCUT2D eigenvalue weighted by molar-refractivity contribution is 7.79. The summed E-state index contributed by atoms with van der Waals surface area (Å²) < 4.78 is 19.9. The second-order valence-corrected chi connectivity index (χ2v) is 5.32. The monoisotopic (exact) mass is 282 g/mol. The summed E-state index contributed by atoms with van der Waals surface area (Å²) in [5.41, 5.74) is 7.75. The number of nitrogens with one attached hydrogen (secondary N) is 3. The fourth-order valence-electron chi connectivity index (χ4n) is 1.79. The lowest BCUT2D eigenvalue weighted by atomic mass is 10.3. The van der Waals surface area contributed by atoms with Crippen LogP contribution in [-0.4, -0.2) is 30.6 Å². The number of aromatic amines is 1. The molecule has 104 valence electrons. The number of hydrogen-bond acceptors (Lipinski definition) is 4. The van der Waals surface area contributed by atoms with E-state index in [9.17, 15) is 4.21 Å². The van der Waals surface area contributed by atoms with Crippen molar-refractivity contribution in [3.8, 4) is 0 Å². The van der Waals surface area contributed by atoms with Crippen LogP contribution in [0.25, 0.3) is 11.0 Å². The van der Waals surface area contributed by atoms with Gasteiger partial charge in [-0.25, -0.2) is 14.6 Å². The van der Waals surface area contributed by atoms with Gasteiger partial charge in [0.05, 0.1) is 11.0 Å². The van der Waals surface area contributed by atoms with Crippen molar-refractivity contribution in [2.45, 2.75) is 25.1 Å². The molecule has 2 unspecified atom stereocenters. The Hall–Kier alpha value is -1.28. The summed E-state index contributed by atoms with van der Waals surface area (Å²) in [6.45, 7) is 2.49. The van der Waals surface area contributed by atoms with E-state index in [-0.39, 0.29) is 0 Å². The van der Waals surface area contributed by atoms with E-state index in [1.807, 2.05) is 31.2 Å². The molecule has 2 atom stereocenters. The summed E-state index contributed by atoms with van der Waals surface area (Å²) in [5, 5.41) is -0.448. The second kappa shape index (κ2) is 6.76. The second-order valence-electron chi connectivity index (χ2n) is 4.19. The summed E-state index contributed by atoms with van der Waals surface area (Å²) in [6, 6.07) is 7.87. The Kier molecular flexibility index (Phi) is 5.03. The molecule has 0 amide bonds. The van der Waals surface area contributed by atoms with Crippen molar-refractivity contribution in [2.75, 3.05) is 6.54 Å². The van der Waals surface area contributed by atoms with E-state index in [4.69, 9.17) is 4.55 Å². The van der Waals surface area contributed by atoms with Crippen LogP contribution >= 0.6 is 0 Å². The van der Waals surface area contributed by atoms with Crippen LogP contribution in [0.5, 0.6) is 0 Å². The Labute approximate surface area is 114 Å². The molecule has 0 spiro atoms. The van der Waals surface area contributed by atoms with Gasteiger partial charge in [0.1, 0.15) is 11.2 Å². The van der Waals surface area contributed by atoms with E-state index in [1.165, 1.54) is 0 Å². The zero-order chi connectivity index (χ0) is 13.7. The molecular weight excluding hydrogens is 264 g/mol. The van der Waals surface area contributed by atoms with E-state index < -0.39 is 16.5 Å². The van der Waals surface area contributed by atoms with Gasteiger partial charge in [-0.1, -0.05) is 19.1 Å². The molecule has 0 aliphatic heterocycles. The van der Waals surface area contributed by atoms with Gasteiger partial charge in [-0.15, -0.1) is 0 Å². The minimum Gasteiger partial charge on any atom is -0.342 e. The summed E-state index contributed by atoms with van der Waals surface area (Å²) >= 11 is -1.86. The average molecular weight is 282 g/mol. The van der Waals surface area contributed by atoms with Crippen LogP contribution in [-0.2, 0) is 17.5 Å². The standard InChI is InChI=1S/C12H18N4O2S/c1-2-12(19(17)18)16-13-8-7-11-14-9-5-3-4-6-10(9)15-11/h3-6,12-13,16H,2,7-8H2,1H3,(H,14,15)(H,17,18). The lowest BCUT2D eigenvalue weighted by Gasteiger charge is -2.13. The smallest absolute Gasteiger partial charge is 0.171 e. The van der Waals surface area contributed by atoms with Gasteiger partial charge in [-0.2, -0.15) is 0 Å². The lowest BCUT2D eigenvalue weighted by molar-refractivity contribution is 0.462. The first-order chi connectivity index (χ1) is 9.20. The van der Waals surface area contributed by atoms with Crippen LogP contribution in [0.4, 0.5) is 0 Å². The van der Waals surface area contributed by atoms with Crippen LogP contribution in [0.3, 0.4) is 0 Å². The maximum absolute atomic E-state index is 10.9. The number of imidazole rings is 1. The first kappa shape index (κ1) is 14.1. The Morgan fingerprint density at radius 3 is 2.95 bits per heavy atom. The van der Waals surface area contributed by atoms with Gasteiger partial charge in [0, 0.05) is 13.0 Å². The number of nitrogens with zero attached hydrogens (tertiary/aromatic N) is 1. The highest BCUT2D eigenvalue weighted by Gasteiger charge is 2.10. The Morgan fingerprint density at radius 2 is 2.26 bits per heavy atom. The molecule has 2 rings (SSSR count). The van der Waals surface area contributed by atoms with Gasteiger partial charge in [0.2, 0.25) is 0 Å². The van der Waals surface area contributed by atoms with Crippen LogP contribution in [0.2, 0.25) is 0 Å². The molecule has 4 N–H and O–H groups in total. The molecule has 19 heavy (non-hydrogen) atoms. The van der Waals surface area contributed by atoms with E-state index in [1.54, 1.807) is 0 Å². The van der Waals surface area contributed by atoms with Crippen LogP contribution < -0.4 is 10.9 Å². The summed E-state index contributed by atoms with van der Waals surface area (Å²) in [5.74, 6) is 0.897. The molecule has 1 aromatic carbocycles. The topological polar surface area (TPSA) is 90.0 Å². The fraction of sp³-hybridized carbons (Fsp3) is 0.417. The first-order valence-corrected chi connectivity index (χ1v) is 7.39. The van der Waals surface area contributed by atoms with Crippen molar-refractivity contribution >= 4 is 22.1 Å². The molecule has 6 nitrogen and oxygen atoms in total. The number of para-hydroxylation sites is 2. The van der Waals surface area contributed by atoms with Crippen molar-refractivity contribution in [2.24, 2.45) is 0 Å². The maximum Gasteiger partial charge on any atom is 0.171 e. The van der Waals surface area contributed by atoms with Crippen LogP contribution in [0, 0.1) is 0 Å². The van der Waals surface area contributed by atoms with Gasteiger partial charge in [-0.3, -0.25) is 5.43 Å². The van der Waals surface area contributed by atoms with Crippen molar-refractivity contribution < 1.29 is 8.76 Å². The number of hydrogen-bond donors (Lipinski definition) is 4. The third kappa shape index (κ3) is 3.84. The van der Waals surface area contributed by atoms with Crippen LogP contribution in [0.1, 0.15) is 19.2 Å². The number of hydrazine groups is 1. The molecule has 0 aliphatic carbocycles. The van der Waals surface area contributed by atoms with Crippen molar-refractivity contribution in [3.05, 3.63) is 30.1 Å². The SMILES string of the molecule is CCC(NNCCc1nc2ccccc2[nH]1)S(=O)O. The van der Waals surface area contributed by atoms with E-state index in [0.29, 0.717) is 13.0 Å². The molecule has 0 bridgehead atoms. The largest absolute Gasteiger partial charge is 0.342 e. The molecule has 1 heterocycles. The molecule has 0 saturated carbocycles. The number of H-pyrrole nitrogens is 1. The number of aromatic nitrogens is 2. The summed E-state index contributed by atoms with van der Waals surface area (Å²) in [6.07, 6.45) is 1.30. The molecular formula is C12H18N4O2S. The van der Waals surface area contributed by atoms with Crippen LogP contribution in [0.15, 0.2) is 24.3 Å². The molecule has 0 saturated heterocycles. The third-order valence-corrected chi connectivity index (χ3v) is 3.74. The molecule has 0 fully saturated rings. The molecule has 0 radical (unpaired) electrons. The van der Waals surface area contributed by atoms with Crippen molar-refractivity contribution in [3.63, 3.8) is 0 Å². The zero-order valence-corrected chi connectivity index (χ0v) is 11.5. The first-order valence-electron chi connectivity index (χ1n) is 6.22. The third-order valence-electron chi connectivity index (χ3n) is 2.80. The van der Waals surface area contributed by atoms with Gasteiger partial charge < -0.3 is 9.54 Å². The quantitative estimate of drug-likeness (QED) is 0.347. The molecule has 7 heteroatoms. The maximum atomic E-state index is 10.9. The minimum atomic E-state index is -1.86. The van der Waals surface area contributed by atoms with Gasteiger partial charge in [0.25, 0.3) is 0 Å². The van der Waals surface area contributed by atoms with Gasteiger partial charge in [0.15, 0.2) is 11.1 Å². The zero-order valence-electron chi connectivity index (χ0n) is 10.7. The van der Waals surface area contributed by atoms with Gasteiger partial charge in [-0.05, 0) is 18.6 Å². The Morgan fingerprint density at radius 1 is 1.47 bits per heavy atom. The number of benzene rings is 1. The number of fused-ring (bicyclic) bond motifs is 1. The fourth-order valence-corrected chi connectivity index (χ4v) is 2.26. The van der Waals surface area contributed by atoms with Gasteiger partial charge >= 0.3 is 0 Å². The van der Waals surface area contributed by atoms with E-state index in [2.05, 4.69) is 20.8 Å².